The average Bonchev–Trinajstić information content (AvgIpc) is 3.09. The average molecular weight is 316 g/mol. The van der Waals surface area contributed by atoms with Crippen LogP contribution >= 0.6 is 11.3 Å². The highest BCUT2D eigenvalue weighted by Gasteiger charge is 2.34. The minimum atomic E-state index is -4.34. The number of nitrogens with zero attached hydrogens (tertiary/aromatic N) is 3. The second-order valence-corrected chi connectivity index (χ2v) is 6.31. The molecular weight excluding hydrogens is 301 g/mol. The van der Waals surface area contributed by atoms with Gasteiger partial charge in [-0.25, -0.2) is 4.98 Å². The molecule has 0 unspecified atom stereocenters. The number of aromatic amines is 1. The van der Waals surface area contributed by atoms with Crippen molar-refractivity contribution in [2.24, 2.45) is 0 Å². The van der Waals surface area contributed by atoms with Gasteiger partial charge in [-0.2, -0.15) is 18.3 Å². The number of aromatic nitrogens is 3. The van der Waals surface area contributed by atoms with Gasteiger partial charge in [0.05, 0.1) is 0 Å². The Morgan fingerprint density at radius 2 is 2.10 bits per heavy atom. The van der Waals surface area contributed by atoms with Crippen LogP contribution in [0.5, 0.6) is 0 Å². The number of hydrogen-bond acceptors (Lipinski definition) is 4. The predicted octanol–water partition coefficient (Wildman–Crippen LogP) is 3.26. The van der Waals surface area contributed by atoms with E-state index >= 15 is 0 Å². The Bertz CT molecular complexity index is 571. The van der Waals surface area contributed by atoms with Crippen LogP contribution in [0.1, 0.15) is 34.3 Å². The number of thiazole rings is 1. The highest BCUT2D eigenvalue weighted by atomic mass is 32.1. The smallest absolute Gasteiger partial charge is 0.298 e. The van der Waals surface area contributed by atoms with Crippen molar-refractivity contribution in [2.45, 2.75) is 31.5 Å². The summed E-state index contributed by atoms with van der Waals surface area (Å²) < 4.78 is 37.5. The highest BCUT2D eigenvalue weighted by Crippen LogP contribution is 2.33. The Labute approximate surface area is 124 Å². The van der Waals surface area contributed by atoms with Gasteiger partial charge < -0.3 is 0 Å². The molecule has 3 heterocycles. The molecule has 21 heavy (non-hydrogen) atoms. The summed E-state index contributed by atoms with van der Waals surface area (Å²) >= 11 is 0.738. The number of rotatable bonds is 3. The molecule has 0 radical (unpaired) electrons. The molecule has 0 aliphatic carbocycles. The largest absolute Gasteiger partial charge is 0.443 e. The minimum Gasteiger partial charge on any atom is -0.298 e. The number of alkyl halides is 3. The van der Waals surface area contributed by atoms with Crippen molar-refractivity contribution >= 4 is 11.3 Å². The Morgan fingerprint density at radius 1 is 1.33 bits per heavy atom. The highest BCUT2D eigenvalue weighted by molar-refractivity contribution is 7.11. The topological polar surface area (TPSA) is 44.8 Å². The first-order valence-corrected chi connectivity index (χ1v) is 7.57. The quantitative estimate of drug-likeness (QED) is 0.945. The van der Waals surface area contributed by atoms with Gasteiger partial charge in [-0.3, -0.25) is 10.00 Å². The van der Waals surface area contributed by atoms with E-state index in [0.717, 1.165) is 43.0 Å². The predicted molar refractivity (Wildman–Crippen MR) is 73.0 cm³/mol. The number of piperidine rings is 1. The van der Waals surface area contributed by atoms with Gasteiger partial charge in [-0.05, 0) is 32.0 Å². The molecule has 0 spiro atoms. The number of nitrogens with one attached hydrogen (secondary N) is 1. The van der Waals surface area contributed by atoms with Gasteiger partial charge in [0, 0.05) is 35.4 Å². The molecule has 3 rings (SSSR count). The number of likely N-dealkylation sites (tertiary alicyclic amines) is 1. The van der Waals surface area contributed by atoms with E-state index in [0.29, 0.717) is 17.3 Å². The fraction of sp³-hybridized carbons (Fsp3) is 0.538. The van der Waals surface area contributed by atoms with E-state index in [2.05, 4.69) is 20.1 Å². The first kappa shape index (κ1) is 14.5. The molecule has 0 bridgehead atoms. The molecule has 8 heteroatoms. The summed E-state index contributed by atoms with van der Waals surface area (Å²) in [6, 6.07) is 1.99. The lowest BCUT2D eigenvalue weighted by atomic mass is 9.94. The molecule has 1 saturated heterocycles. The van der Waals surface area contributed by atoms with Crippen LogP contribution in [0.3, 0.4) is 0 Å². The van der Waals surface area contributed by atoms with Crippen LogP contribution in [0, 0.1) is 0 Å². The lowest BCUT2D eigenvalue weighted by Gasteiger charge is -2.30. The van der Waals surface area contributed by atoms with Crippen molar-refractivity contribution in [1.29, 1.82) is 0 Å². The first-order valence-electron chi connectivity index (χ1n) is 6.76. The van der Waals surface area contributed by atoms with E-state index in [4.69, 9.17) is 0 Å². The van der Waals surface area contributed by atoms with Crippen molar-refractivity contribution in [3.8, 4) is 0 Å². The molecule has 1 aliphatic heterocycles. The standard InChI is InChI=1S/C13H15F3N4S/c14-13(15,16)12-17-7-10(21-12)8-20-5-2-9(3-6-20)11-1-4-18-19-11/h1,4,7,9H,2-3,5-6,8H2,(H,18,19). The monoisotopic (exact) mass is 316 g/mol. The zero-order valence-electron chi connectivity index (χ0n) is 11.2. The molecule has 1 N–H and O–H groups in total. The summed E-state index contributed by atoms with van der Waals surface area (Å²) in [5.41, 5.74) is 1.15. The van der Waals surface area contributed by atoms with E-state index in [1.807, 2.05) is 6.07 Å². The van der Waals surface area contributed by atoms with Crippen LogP contribution in [0.15, 0.2) is 18.5 Å². The summed E-state index contributed by atoms with van der Waals surface area (Å²) in [6.45, 7) is 2.30. The third-order valence-electron chi connectivity index (χ3n) is 3.73. The molecule has 4 nitrogen and oxygen atoms in total. The molecule has 114 valence electrons. The van der Waals surface area contributed by atoms with Crippen LogP contribution < -0.4 is 0 Å². The van der Waals surface area contributed by atoms with E-state index in [9.17, 15) is 13.2 Å². The van der Waals surface area contributed by atoms with E-state index < -0.39 is 11.2 Å². The number of H-pyrrole nitrogens is 1. The number of hydrogen-bond donors (Lipinski definition) is 1. The SMILES string of the molecule is FC(F)(F)c1ncc(CN2CCC(c3ccn[nH]3)CC2)s1. The molecule has 0 aromatic carbocycles. The Balaban J connectivity index is 1.55. The Morgan fingerprint density at radius 3 is 2.67 bits per heavy atom. The normalized spacial score (nSPS) is 18.2. The van der Waals surface area contributed by atoms with Crippen molar-refractivity contribution in [3.63, 3.8) is 0 Å². The summed E-state index contributed by atoms with van der Waals surface area (Å²) in [5, 5.41) is 6.19. The van der Waals surface area contributed by atoms with Crippen molar-refractivity contribution in [2.75, 3.05) is 13.1 Å². The zero-order chi connectivity index (χ0) is 14.9. The van der Waals surface area contributed by atoms with Crippen LogP contribution in [0.25, 0.3) is 0 Å². The third kappa shape index (κ3) is 3.44. The third-order valence-corrected chi connectivity index (χ3v) is 4.75. The van der Waals surface area contributed by atoms with Crippen molar-refractivity contribution in [1.82, 2.24) is 20.1 Å². The fourth-order valence-electron chi connectivity index (χ4n) is 2.63. The van der Waals surface area contributed by atoms with E-state index in [1.54, 1.807) is 6.20 Å². The van der Waals surface area contributed by atoms with Crippen molar-refractivity contribution < 1.29 is 13.2 Å². The molecule has 0 atom stereocenters. The van der Waals surface area contributed by atoms with Crippen molar-refractivity contribution in [3.05, 3.63) is 34.0 Å². The summed E-state index contributed by atoms with van der Waals surface area (Å²) in [4.78, 5) is 6.31. The maximum absolute atomic E-state index is 12.5. The number of halogens is 3. The second-order valence-electron chi connectivity index (χ2n) is 5.19. The molecule has 0 amide bonds. The van der Waals surface area contributed by atoms with Crippen LogP contribution in [-0.2, 0) is 12.7 Å². The maximum atomic E-state index is 12.5. The summed E-state index contributed by atoms with van der Waals surface area (Å²) in [5.74, 6) is 0.468. The summed E-state index contributed by atoms with van der Waals surface area (Å²) in [6.07, 6.45) is 0.739. The maximum Gasteiger partial charge on any atom is 0.443 e. The van der Waals surface area contributed by atoms with Gasteiger partial charge in [-0.1, -0.05) is 0 Å². The lowest BCUT2D eigenvalue weighted by Crippen LogP contribution is -2.32. The first-order chi connectivity index (χ1) is 10.0. The van der Waals surface area contributed by atoms with E-state index in [1.165, 1.54) is 6.20 Å². The molecule has 2 aromatic rings. The summed E-state index contributed by atoms with van der Waals surface area (Å²) in [7, 11) is 0. The van der Waals surface area contributed by atoms with Crippen LogP contribution in [-0.4, -0.2) is 33.2 Å². The van der Waals surface area contributed by atoms with Crippen LogP contribution in [0.2, 0.25) is 0 Å². The molecule has 0 saturated carbocycles. The molecular formula is C13H15F3N4S. The second kappa shape index (κ2) is 5.76. The Kier molecular flexibility index (Phi) is 3.99. The van der Waals surface area contributed by atoms with Gasteiger partial charge in [-0.15, -0.1) is 11.3 Å². The lowest BCUT2D eigenvalue weighted by molar-refractivity contribution is -0.137. The fourth-order valence-corrected chi connectivity index (χ4v) is 3.45. The Hall–Kier alpha value is -1.41. The van der Waals surface area contributed by atoms with Gasteiger partial charge in [0.2, 0.25) is 0 Å². The van der Waals surface area contributed by atoms with Gasteiger partial charge in [0.25, 0.3) is 0 Å². The zero-order valence-corrected chi connectivity index (χ0v) is 12.0. The van der Waals surface area contributed by atoms with Crippen LogP contribution in [0.4, 0.5) is 13.2 Å². The molecule has 1 aliphatic rings. The van der Waals surface area contributed by atoms with Gasteiger partial charge in [0.15, 0.2) is 5.01 Å². The molecule has 1 fully saturated rings. The molecule has 2 aromatic heterocycles. The van der Waals surface area contributed by atoms with Gasteiger partial charge in [0.1, 0.15) is 0 Å². The van der Waals surface area contributed by atoms with Gasteiger partial charge >= 0.3 is 6.18 Å². The van der Waals surface area contributed by atoms with E-state index in [-0.39, 0.29) is 0 Å². The minimum absolute atomic E-state index is 0.468.